The number of thioether (sulfide) groups is 1. The minimum atomic E-state index is 0.680. The predicted octanol–water partition coefficient (Wildman–Crippen LogP) is 4.34. The van der Waals surface area contributed by atoms with Gasteiger partial charge in [-0.25, -0.2) is 4.98 Å². The lowest BCUT2D eigenvalue weighted by atomic mass is 10.2. The third-order valence-electron chi connectivity index (χ3n) is 2.17. The topological polar surface area (TPSA) is 12.9 Å². The summed E-state index contributed by atoms with van der Waals surface area (Å²) in [4.78, 5) is 4.25. The fraction of sp³-hybridized carbons (Fsp3) is 0.154. The second-order valence-electron chi connectivity index (χ2n) is 3.59. The number of hydrogen-bond acceptors (Lipinski definition) is 2. The Labute approximate surface area is 105 Å². The van der Waals surface area contributed by atoms with Gasteiger partial charge in [0, 0.05) is 11.9 Å². The largest absolute Gasteiger partial charge is 0.248 e. The summed E-state index contributed by atoms with van der Waals surface area (Å²) in [6, 6.07) is 12.3. The Morgan fingerprint density at radius 3 is 2.81 bits per heavy atom. The highest BCUT2D eigenvalue weighted by Gasteiger charge is 1.98. The van der Waals surface area contributed by atoms with Crippen LogP contribution >= 0.6 is 23.4 Å². The van der Waals surface area contributed by atoms with Crippen LogP contribution in [0.25, 0.3) is 0 Å². The van der Waals surface area contributed by atoms with Crippen molar-refractivity contribution in [1.82, 2.24) is 4.98 Å². The summed E-state index contributed by atoms with van der Waals surface area (Å²) in [5.41, 5.74) is 2.61. The first-order valence-electron chi connectivity index (χ1n) is 5.04. The van der Waals surface area contributed by atoms with Gasteiger partial charge in [-0.1, -0.05) is 41.4 Å². The molecule has 82 valence electrons. The van der Waals surface area contributed by atoms with Gasteiger partial charge in [-0.05, 0) is 24.6 Å². The SMILES string of the molecule is Cc1cccc(CSc2ccc(Cl)cn2)c1. The molecule has 1 heterocycles. The molecule has 0 bridgehead atoms. The predicted molar refractivity (Wildman–Crippen MR) is 70.0 cm³/mol. The first-order chi connectivity index (χ1) is 7.74. The Morgan fingerprint density at radius 1 is 1.25 bits per heavy atom. The van der Waals surface area contributed by atoms with Crippen LogP contribution in [0.3, 0.4) is 0 Å². The van der Waals surface area contributed by atoms with Crippen LogP contribution in [0.15, 0.2) is 47.6 Å². The molecular weight excluding hydrogens is 238 g/mol. The Bertz CT molecular complexity index is 468. The highest BCUT2D eigenvalue weighted by atomic mass is 35.5. The molecule has 0 unspecified atom stereocenters. The molecule has 1 aromatic carbocycles. The van der Waals surface area contributed by atoms with E-state index >= 15 is 0 Å². The standard InChI is InChI=1S/C13H12ClNS/c1-10-3-2-4-11(7-10)9-16-13-6-5-12(14)8-15-13/h2-8H,9H2,1H3. The molecule has 2 aromatic rings. The van der Waals surface area contributed by atoms with Gasteiger partial charge in [0.05, 0.1) is 10.0 Å². The molecule has 0 saturated carbocycles. The number of rotatable bonds is 3. The third-order valence-corrected chi connectivity index (χ3v) is 3.41. The van der Waals surface area contributed by atoms with Crippen LogP contribution in [-0.4, -0.2) is 4.98 Å². The zero-order valence-electron chi connectivity index (χ0n) is 8.98. The van der Waals surface area contributed by atoms with Crippen molar-refractivity contribution in [2.75, 3.05) is 0 Å². The lowest BCUT2D eigenvalue weighted by Crippen LogP contribution is -1.83. The van der Waals surface area contributed by atoms with Gasteiger partial charge in [0.25, 0.3) is 0 Å². The van der Waals surface area contributed by atoms with Gasteiger partial charge < -0.3 is 0 Å². The van der Waals surface area contributed by atoms with E-state index in [1.807, 2.05) is 12.1 Å². The van der Waals surface area contributed by atoms with Crippen molar-refractivity contribution in [2.24, 2.45) is 0 Å². The molecule has 3 heteroatoms. The number of pyridine rings is 1. The lowest BCUT2D eigenvalue weighted by Gasteiger charge is -2.02. The van der Waals surface area contributed by atoms with Gasteiger partial charge in [-0.2, -0.15) is 0 Å². The average Bonchev–Trinajstić information content (AvgIpc) is 2.28. The quantitative estimate of drug-likeness (QED) is 0.751. The molecule has 0 N–H and O–H groups in total. The normalized spacial score (nSPS) is 10.4. The van der Waals surface area contributed by atoms with Crippen LogP contribution in [0.4, 0.5) is 0 Å². The molecule has 0 aliphatic carbocycles. The lowest BCUT2D eigenvalue weighted by molar-refractivity contribution is 1.13. The van der Waals surface area contributed by atoms with Gasteiger partial charge in [0.15, 0.2) is 0 Å². The molecule has 0 fully saturated rings. The zero-order valence-corrected chi connectivity index (χ0v) is 10.6. The summed E-state index contributed by atoms with van der Waals surface area (Å²) in [6.07, 6.45) is 1.68. The molecule has 0 radical (unpaired) electrons. The van der Waals surface area contributed by atoms with Crippen molar-refractivity contribution in [2.45, 2.75) is 17.7 Å². The van der Waals surface area contributed by atoms with E-state index in [1.54, 1.807) is 18.0 Å². The molecular formula is C13H12ClNS. The maximum atomic E-state index is 5.78. The molecule has 0 aliphatic rings. The van der Waals surface area contributed by atoms with Crippen LogP contribution in [-0.2, 0) is 5.75 Å². The maximum absolute atomic E-state index is 5.78. The molecule has 0 saturated heterocycles. The van der Waals surface area contributed by atoms with E-state index in [0.717, 1.165) is 10.8 Å². The van der Waals surface area contributed by atoms with E-state index in [4.69, 9.17) is 11.6 Å². The van der Waals surface area contributed by atoms with E-state index in [0.29, 0.717) is 5.02 Å². The summed E-state index contributed by atoms with van der Waals surface area (Å²) < 4.78 is 0. The first-order valence-corrected chi connectivity index (χ1v) is 6.40. The molecule has 0 spiro atoms. The number of aryl methyl sites for hydroxylation is 1. The minimum Gasteiger partial charge on any atom is -0.248 e. The smallest absolute Gasteiger partial charge is 0.0964 e. The highest BCUT2D eigenvalue weighted by molar-refractivity contribution is 7.98. The van der Waals surface area contributed by atoms with Gasteiger partial charge in [0.2, 0.25) is 0 Å². The fourth-order valence-electron chi connectivity index (χ4n) is 1.41. The minimum absolute atomic E-state index is 0.680. The molecule has 0 atom stereocenters. The summed E-state index contributed by atoms with van der Waals surface area (Å²) in [5, 5.41) is 1.69. The van der Waals surface area contributed by atoms with E-state index in [-0.39, 0.29) is 0 Å². The highest BCUT2D eigenvalue weighted by Crippen LogP contribution is 2.22. The van der Waals surface area contributed by atoms with Crippen molar-refractivity contribution in [1.29, 1.82) is 0 Å². The van der Waals surface area contributed by atoms with E-state index < -0.39 is 0 Å². The monoisotopic (exact) mass is 249 g/mol. The Balaban J connectivity index is 1.99. The van der Waals surface area contributed by atoms with Crippen molar-refractivity contribution >= 4 is 23.4 Å². The van der Waals surface area contributed by atoms with Crippen LogP contribution in [0.1, 0.15) is 11.1 Å². The van der Waals surface area contributed by atoms with E-state index in [2.05, 4.69) is 36.2 Å². The third kappa shape index (κ3) is 3.26. The van der Waals surface area contributed by atoms with Crippen LogP contribution < -0.4 is 0 Å². The van der Waals surface area contributed by atoms with Crippen LogP contribution in [0, 0.1) is 6.92 Å². The van der Waals surface area contributed by atoms with Crippen LogP contribution in [0.5, 0.6) is 0 Å². The van der Waals surface area contributed by atoms with Crippen molar-refractivity contribution in [3.63, 3.8) is 0 Å². The number of nitrogens with zero attached hydrogens (tertiary/aromatic N) is 1. The summed E-state index contributed by atoms with van der Waals surface area (Å²) in [7, 11) is 0. The summed E-state index contributed by atoms with van der Waals surface area (Å²) >= 11 is 7.50. The average molecular weight is 250 g/mol. The van der Waals surface area contributed by atoms with Crippen molar-refractivity contribution < 1.29 is 0 Å². The van der Waals surface area contributed by atoms with Gasteiger partial charge in [-0.3, -0.25) is 0 Å². The van der Waals surface area contributed by atoms with E-state index in [1.165, 1.54) is 11.1 Å². The first kappa shape index (κ1) is 11.5. The second-order valence-corrected chi connectivity index (χ2v) is 5.02. The van der Waals surface area contributed by atoms with Crippen molar-refractivity contribution in [3.8, 4) is 0 Å². The van der Waals surface area contributed by atoms with Gasteiger partial charge in [0.1, 0.15) is 0 Å². The maximum Gasteiger partial charge on any atom is 0.0964 e. The van der Waals surface area contributed by atoms with Crippen LogP contribution in [0.2, 0.25) is 5.02 Å². The Hall–Kier alpha value is -0.990. The van der Waals surface area contributed by atoms with Gasteiger partial charge >= 0.3 is 0 Å². The van der Waals surface area contributed by atoms with E-state index in [9.17, 15) is 0 Å². The molecule has 2 rings (SSSR count). The molecule has 1 nitrogen and oxygen atoms in total. The number of halogens is 1. The second kappa shape index (κ2) is 5.37. The van der Waals surface area contributed by atoms with Gasteiger partial charge in [-0.15, -0.1) is 11.8 Å². The zero-order chi connectivity index (χ0) is 11.4. The van der Waals surface area contributed by atoms with Crippen molar-refractivity contribution in [3.05, 3.63) is 58.7 Å². The molecule has 1 aromatic heterocycles. The molecule has 16 heavy (non-hydrogen) atoms. The summed E-state index contributed by atoms with van der Waals surface area (Å²) in [6.45, 7) is 2.11. The number of benzene rings is 1. The fourth-order valence-corrected chi connectivity index (χ4v) is 2.30. The number of aromatic nitrogens is 1. The Morgan fingerprint density at radius 2 is 2.12 bits per heavy atom. The molecule has 0 amide bonds. The molecule has 0 aliphatic heterocycles. The summed E-state index contributed by atoms with van der Waals surface area (Å²) in [5.74, 6) is 0.941. The number of hydrogen-bond donors (Lipinski definition) is 0. The Kier molecular flexibility index (Phi) is 3.86.